The number of imide groups is 1. The molecule has 1 aliphatic heterocycles. The molecule has 160 valence electrons. The maximum atomic E-state index is 13.1. The van der Waals surface area contributed by atoms with Crippen LogP contribution in [0.5, 0.6) is 0 Å². The van der Waals surface area contributed by atoms with E-state index in [9.17, 15) is 14.4 Å². The van der Waals surface area contributed by atoms with Crippen LogP contribution in [0.1, 0.15) is 35.6 Å². The van der Waals surface area contributed by atoms with Gasteiger partial charge in [0.2, 0.25) is 5.91 Å². The van der Waals surface area contributed by atoms with Crippen LogP contribution < -0.4 is 10.2 Å². The molecule has 2 aromatic carbocycles. The van der Waals surface area contributed by atoms with Gasteiger partial charge in [0.15, 0.2) is 0 Å². The Morgan fingerprint density at radius 1 is 1.10 bits per heavy atom. The Balaban J connectivity index is 1.85. The van der Waals surface area contributed by atoms with Crippen LogP contribution in [0.15, 0.2) is 42.5 Å². The molecule has 0 spiro atoms. The molecule has 7 heteroatoms. The van der Waals surface area contributed by atoms with Crippen molar-refractivity contribution in [3.8, 4) is 6.07 Å². The van der Waals surface area contributed by atoms with E-state index in [-0.39, 0.29) is 13.0 Å². The number of nitriles is 1. The van der Waals surface area contributed by atoms with E-state index >= 15 is 0 Å². The molecule has 0 aromatic heterocycles. The average molecular weight is 418 g/mol. The lowest BCUT2D eigenvalue weighted by molar-refractivity contribution is -0.134. The van der Waals surface area contributed by atoms with Gasteiger partial charge >= 0.3 is 6.03 Å². The van der Waals surface area contributed by atoms with Crippen LogP contribution in [0.25, 0.3) is 0 Å². The number of aryl methyl sites for hydroxylation is 3. The maximum absolute atomic E-state index is 13.1. The van der Waals surface area contributed by atoms with E-state index in [0.717, 1.165) is 21.6 Å². The van der Waals surface area contributed by atoms with E-state index in [1.165, 1.54) is 4.90 Å². The number of benzene rings is 2. The zero-order valence-corrected chi connectivity index (χ0v) is 18.2. The van der Waals surface area contributed by atoms with Crippen LogP contribution in [-0.4, -0.2) is 35.8 Å². The normalized spacial score (nSPS) is 18.0. The summed E-state index contributed by atoms with van der Waals surface area (Å²) >= 11 is 0. The van der Waals surface area contributed by atoms with Crippen molar-refractivity contribution in [2.24, 2.45) is 0 Å². The molecule has 0 aliphatic carbocycles. The quantitative estimate of drug-likeness (QED) is 0.728. The number of amides is 4. The van der Waals surface area contributed by atoms with Gasteiger partial charge in [-0.3, -0.25) is 14.5 Å². The maximum Gasteiger partial charge on any atom is 0.325 e. The summed E-state index contributed by atoms with van der Waals surface area (Å²) in [6.07, 6.45) is 0.139. The summed E-state index contributed by atoms with van der Waals surface area (Å²) in [5, 5.41) is 11.7. The molecule has 3 rings (SSSR count). The van der Waals surface area contributed by atoms with Gasteiger partial charge < -0.3 is 10.2 Å². The first-order valence-electron chi connectivity index (χ1n) is 10.1. The van der Waals surface area contributed by atoms with Gasteiger partial charge in [0.25, 0.3) is 5.91 Å². The summed E-state index contributed by atoms with van der Waals surface area (Å²) in [5.74, 6) is -0.898. The highest BCUT2D eigenvalue weighted by Crippen LogP contribution is 2.29. The molecule has 1 aliphatic rings. The number of carbonyl (C=O) groups is 3. The fourth-order valence-electron chi connectivity index (χ4n) is 3.60. The fourth-order valence-corrected chi connectivity index (χ4v) is 3.60. The van der Waals surface area contributed by atoms with Crippen molar-refractivity contribution in [2.45, 2.75) is 39.7 Å². The second-order valence-electron chi connectivity index (χ2n) is 8.03. The zero-order chi connectivity index (χ0) is 22.8. The molecule has 31 heavy (non-hydrogen) atoms. The third-order valence-corrected chi connectivity index (χ3v) is 5.75. The molecule has 1 N–H and O–H groups in total. The summed E-state index contributed by atoms with van der Waals surface area (Å²) in [5.41, 5.74) is 3.19. The lowest BCUT2D eigenvalue weighted by atomic mass is 9.91. The predicted octanol–water partition coefficient (Wildman–Crippen LogP) is 3.33. The third-order valence-electron chi connectivity index (χ3n) is 5.75. The Labute approximate surface area is 182 Å². The standard InChI is InChI=1S/C24H26N4O3/c1-16-6-9-19(10-7-16)24(4)22(30)28(23(31)26-24)15-21(29)27(13-5-12-25)20-11-8-17(2)18(3)14-20/h6-11,14H,5,13,15H2,1-4H3,(H,26,31). The molecule has 1 atom stereocenters. The lowest BCUT2D eigenvalue weighted by Crippen LogP contribution is -2.45. The van der Waals surface area contributed by atoms with Crippen LogP contribution in [0.3, 0.4) is 0 Å². The van der Waals surface area contributed by atoms with Crippen LogP contribution in [0, 0.1) is 32.1 Å². The molecule has 4 amide bonds. The summed E-state index contributed by atoms with van der Waals surface area (Å²) in [7, 11) is 0. The minimum absolute atomic E-state index is 0.139. The first-order chi connectivity index (χ1) is 14.7. The van der Waals surface area contributed by atoms with Crippen molar-refractivity contribution < 1.29 is 14.4 Å². The first kappa shape index (κ1) is 22.0. The number of nitrogens with one attached hydrogen (secondary N) is 1. The summed E-state index contributed by atoms with van der Waals surface area (Å²) < 4.78 is 0. The smallest absolute Gasteiger partial charge is 0.319 e. The molecular weight excluding hydrogens is 392 g/mol. The van der Waals surface area contributed by atoms with E-state index in [1.807, 2.05) is 51.1 Å². The van der Waals surface area contributed by atoms with E-state index in [4.69, 9.17) is 5.26 Å². The number of hydrogen-bond donors (Lipinski definition) is 1. The number of rotatable bonds is 6. The van der Waals surface area contributed by atoms with Crippen LogP contribution in [-0.2, 0) is 15.1 Å². The second kappa shape index (κ2) is 8.60. The summed E-state index contributed by atoms with van der Waals surface area (Å²) in [6.45, 7) is 7.27. The van der Waals surface area contributed by atoms with E-state index < -0.39 is 29.9 Å². The van der Waals surface area contributed by atoms with Gasteiger partial charge in [0, 0.05) is 12.2 Å². The van der Waals surface area contributed by atoms with Crippen LogP contribution >= 0.6 is 0 Å². The van der Waals surface area contributed by atoms with E-state index in [2.05, 4.69) is 5.32 Å². The predicted molar refractivity (Wildman–Crippen MR) is 117 cm³/mol. The first-order valence-corrected chi connectivity index (χ1v) is 10.1. The number of carbonyl (C=O) groups excluding carboxylic acids is 3. The minimum Gasteiger partial charge on any atom is -0.319 e. The highest BCUT2D eigenvalue weighted by molar-refractivity contribution is 6.10. The third kappa shape index (κ3) is 4.29. The Morgan fingerprint density at radius 2 is 1.77 bits per heavy atom. The lowest BCUT2D eigenvalue weighted by Gasteiger charge is -2.25. The fraction of sp³-hybridized carbons (Fsp3) is 0.333. The highest BCUT2D eigenvalue weighted by atomic mass is 16.2. The van der Waals surface area contributed by atoms with Gasteiger partial charge in [-0.05, 0) is 56.5 Å². The molecule has 0 bridgehead atoms. The Hall–Kier alpha value is -3.66. The summed E-state index contributed by atoms with van der Waals surface area (Å²) in [6, 6.07) is 14.4. The second-order valence-corrected chi connectivity index (χ2v) is 8.03. The Kier molecular flexibility index (Phi) is 6.11. The van der Waals surface area contributed by atoms with Crippen molar-refractivity contribution in [3.63, 3.8) is 0 Å². The molecule has 7 nitrogen and oxygen atoms in total. The Bertz CT molecular complexity index is 1070. The van der Waals surface area contributed by atoms with Crippen molar-refractivity contribution in [2.75, 3.05) is 18.0 Å². The topological polar surface area (TPSA) is 93.5 Å². The largest absolute Gasteiger partial charge is 0.325 e. The molecule has 1 unspecified atom stereocenters. The van der Waals surface area contributed by atoms with Gasteiger partial charge in [0.1, 0.15) is 12.1 Å². The molecule has 1 heterocycles. The average Bonchev–Trinajstić information content (AvgIpc) is 2.95. The van der Waals surface area contributed by atoms with Crippen molar-refractivity contribution in [1.82, 2.24) is 10.2 Å². The highest BCUT2D eigenvalue weighted by Gasteiger charge is 2.49. The van der Waals surface area contributed by atoms with Gasteiger partial charge in [0.05, 0.1) is 12.5 Å². The molecule has 0 radical (unpaired) electrons. The van der Waals surface area contributed by atoms with E-state index in [1.54, 1.807) is 25.1 Å². The number of urea groups is 1. The number of nitrogens with zero attached hydrogens (tertiary/aromatic N) is 3. The minimum atomic E-state index is -1.23. The zero-order valence-electron chi connectivity index (χ0n) is 18.2. The van der Waals surface area contributed by atoms with Crippen molar-refractivity contribution in [3.05, 3.63) is 64.7 Å². The molecule has 2 aromatic rings. The SMILES string of the molecule is Cc1ccc(C2(C)NC(=O)N(CC(=O)N(CCC#N)c3ccc(C)c(C)c3)C2=O)cc1. The number of hydrogen-bond acceptors (Lipinski definition) is 4. The van der Waals surface area contributed by atoms with Gasteiger partial charge in [-0.25, -0.2) is 4.79 Å². The van der Waals surface area contributed by atoms with Crippen molar-refractivity contribution >= 4 is 23.5 Å². The summed E-state index contributed by atoms with van der Waals surface area (Å²) in [4.78, 5) is 41.3. The molecule has 1 fully saturated rings. The molecular formula is C24H26N4O3. The van der Waals surface area contributed by atoms with Crippen LogP contribution in [0.2, 0.25) is 0 Å². The van der Waals surface area contributed by atoms with Gasteiger partial charge in [-0.2, -0.15) is 5.26 Å². The van der Waals surface area contributed by atoms with Gasteiger partial charge in [-0.1, -0.05) is 35.9 Å². The molecule has 0 saturated carbocycles. The van der Waals surface area contributed by atoms with Crippen LogP contribution in [0.4, 0.5) is 10.5 Å². The molecule has 1 saturated heterocycles. The van der Waals surface area contributed by atoms with Crippen molar-refractivity contribution in [1.29, 1.82) is 5.26 Å². The number of anilines is 1. The Morgan fingerprint density at radius 3 is 2.39 bits per heavy atom. The monoisotopic (exact) mass is 418 g/mol. The van der Waals surface area contributed by atoms with Gasteiger partial charge in [-0.15, -0.1) is 0 Å². The van der Waals surface area contributed by atoms with E-state index in [0.29, 0.717) is 11.3 Å².